The van der Waals surface area contributed by atoms with Gasteiger partial charge in [-0.25, -0.2) is 0 Å². The predicted octanol–water partition coefficient (Wildman–Crippen LogP) is 11.1. The molecule has 47 heavy (non-hydrogen) atoms. The third-order valence-electron chi connectivity index (χ3n) is 7.97. The van der Waals surface area contributed by atoms with Crippen LogP contribution in [0.2, 0.25) is 0 Å². The Labute approximate surface area is 276 Å². The van der Waals surface area contributed by atoms with Gasteiger partial charge in [-0.1, -0.05) is 96.1 Å². The van der Waals surface area contributed by atoms with Crippen molar-refractivity contribution in [3.63, 3.8) is 0 Å². The van der Waals surface area contributed by atoms with Gasteiger partial charge in [-0.05, 0) is 108 Å². The van der Waals surface area contributed by atoms with Gasteiger partial charge >= 0.3 is 0 Å². The van der Waals surface area contributed by atoms with Crippen LogP contribution in [0.15, 0.2) is 151 Å². The number of hydrogen-bond donors (Lipinski definition) is 0. The average Bonchev–Trinajstić information content (AvgIpc) is 3.12. The lowest BCUT2D eigenvalue weighted by atomic mass is 9.99. The molecule has 0 fully saturated rings. The Kier molecular flexibility index (Phi) is 9.15. The summed E-state index contributed by atoms with van der Waals surface area (Å²) >= 11 is 0. The summed E-state index contributed by atoms with van der Waals surface area (Å²) in [7, 11) is 0. The summed E-state index contributed by atoms with van der Waals surface area (Å²) in [6.07, 6.45) is 3.75. The van der Waals surface area contributed by atoms with Crippen LogP contribution >= 0.6 is 0 Å². The van der Waals surface area contributed by atoms with Crippen LogP contribution in [0.25, 0.3) is 22.8 Å². The lowest BCUT2D eigenvalue weighted by Crippen LogP contribution is -2.09. The molecule has 0 heterocycles. The molecule has 224 valence electrons. The second-order valence-electron chi connectivity index (χ2n) is 11.4. The molecule has 0 spiro atoms. The van der Waals surface area contributed by atoms with Crippen LogP contribution in [-0.2, 0) is 0 Å². The van der Waals surface area contributed by atoms with Gasteiger partial charge in [0.25, 0.3) is 0 Å². The second-order valence-corrected chi connectivity index (χ2v) is 11.4. The zero-order chi connectivity index (χ0) is 32.6. The standard InChI is InChI=1S/C43H32N4/c1-31-3-21-41(22-4-31)47(42-23-5-32(2)6-24-42)43-25-11-33(12-26-43)27-39(29-45)38-17-15-37(16-18-38)36-13-7-35(8-14-36)30-46-40-19-9-34(28-44)10-20-40/h3-27,30H,1-2H3/b39-27-,46-30?. The zero-order valence-electron chi connectivity index (χ0n) is 26.3. The van der Waals surface area contributed by atoms with Crippen molar-refractivity contribution >= 4 is 40.6 Å². The molecule has 0 saturated heterocycles. The van der Waals surface area contributed by atoms with Gasteiger partial charge in [-0.2, -0.15) is 10.5 Å². The number of aryl methyl sites for hydroxylation is 2. The lowest BCUT2D eigenvalue weighted by Gasteiger charge is -2.26. The van der Waals surface area contributed by atoms with E-state index in [0.29, 0.717) is 11.1 Å². The number of nitriles is 2. The Balaban J connectivity index is 1.18. The molecule has 0 amide bonds. The molecule has 0 unspecified atom stereocenters. The lowest BCUT2D eigenvalue weighted by molar-refractivity contribution is 1.27. The average molecular weight is 605 g/mol. The highest BCUT2D eigenvalue weighted by molar-refractivity contribution is 5.90. The van der Waals surface area contributed by atoms with E-state index in [0.717, 1.165) is 50.6 Å². The Bertz CT molecular complexity index is 2060. The van der Waals surface area contributed by atoms with E-state index in [-0.39, 0.29) is 0 Å². The van der Waals surface area contributed by atoms with Crippen LogP contribution in [0, 0.1) is 36.5 Å². The summed E-state index contributed by atoms with van der Waals surface area (Å²) in [6.45, 7) is 4.19. The van der Waals surface area contributed by atoms with Crippen LogP contribution in [0.4, 0.5) is 22.7 Å². The molecule has 0 atom stereocenters. The number of benzene rings is 6. The fourth-order valence-electron chi connectivity index (χ4n) is 5.28. The predicted molar refractivity (Wildman–Crippen MR) is 194 cm³/mol. The van der Waals surface area contributed by atoms with E-state index >= 15 is 0 Å². The normalized spacial score (nSPS) is 11.2. The Morgan fingerprint density at radius 3 is 1.51 bits per heavy atom. The van der Waals surface area contributed by atoms with E-state index in [4.69, 9.17) is 5.26 Å². The van der Waals surface area contributed by atoms with Crippen LogP contribution in [0.1, 0.15) is 33.4 Å². The third-order valence-corrected chi connectivity index (χ3v) is 7.97. The van der Waals surface area contributed by atoms with Crippen LogP contribution in [-0.4, -0.2) is 6.21 Å². The second kappa shape index (κ2) is 14.1. The van der Waals surface area contributed by atoms with Gasteiger partial charge in [-0.15, -0.1) is 0 Å². The molecule has 0 saturated carbocycles. The zero-order valence-corrected chi connectivity index (χ0v) is 26.3. The van der Waals surface area contributed by atoms with Crippen molar-refractivity contribution in [2.75, 3.05) is 4.90 Å². The van der Waals surface area contributed by atoms with Crippen molar-refractivity contribution in [3.8, 4) is 23.3 Å². The number of nitrogens with zero attached hydrogens (tertiary/aromatic N) is 4. The molecular formula is C43H32N4. The number of aliphatic imine (C=N–C) groups is 1. The van der Waals surface area contributed by atoms with Crippen LogP contribution < -0.4 is 4.90 Å². The fourth-order valence-corrected chi connectivity index (χ4v) is 5.28. The summed E-state index contributed by atoms with van der Waals surface area (Å²) in [4.78, 5) is 6.74. The quantitative estimate of drug-likeness (QED) is 0.0986. The number of hydrogen-bond acceptors (Lipinski definition) is 4. The summed E-state index contributed by atoms with van der Waals surface area (Å²) < 4.78 is 0. The molecule has 6 aromatic rings. The summed E-state index contributed by atoms with van der Waals surface area (Å²) in [5, 5.41) is 19.0. The molecule has 0 aliphatic rings. The molecule has 0 radical (unpaired) electrons. The highest BCUT2D eigenvalue weighted by Gasteiger charge is 2.12. The van der Waals surface area contributed by atoms with E-state index in [9.17, 15) is 5.26 Å². The van der Waals surface area contributed by atoms with E-state index < -0.39 is 0 Å². The van der Waals surface area contributed by atoms with Crippen LogP contribution in [0.3, 0.4) is 0 Å². The monoisotopic (exact) mass is 604 g/mol. The van der Waals surface area contributed by atoms with E-state index in [1.165, 1.54) is 11.1 Å². The molecule has 0 N–H and O–H groups in total. The smallest absolute Gasteiger partial charge is 0.0998 e. The van der Waals surface area contributed by atoms with E-state index in [1.54, 1.807) is 12.1 Å². The maximum atomic E-state index is 10.0. The molecule has 0 bridgehead atoms. The van der Waals surface area contributed by atoms with Gasteiger partial charge in [0.05, 0.1) is 29.0 Å². The van der Waals surface area contributed by atoms with Crippen molar-refractivity contribution in [2.45, 2.75) is 13.8 Å². The molecular weight excluding hydrogens is 573 g/mol. The fraction of sp³-hybridized carbons (Fsp3) is 0.0465. The third kappa shape index (κ3) is 7.43. The van der Waals surface area contributed by atoms with Gasteiger partial charge < -0.3 is 4.90 Å². The minimum absolute atomic E-state index is 0.604. The molecule has 0 aliphatic carbocycles. The summed E-state index contributed by atoms with van der Waals surface area (Å²) in [5.74, 6) is 0. The van der Waals surface area contributed by atoms with Crippen molar-refractivity contribution in [1.29, 1.82) is 10.5 Å². The van der Waals surface area contributed by atoms with Gasteiger partial charge in [0.15, 0.2) is 0 Å². The number of rotatable bonds is 8. The first-order chi connectivity index (χ1) is 23.0. The van der Waals surface area contributed by atoms with Crippen molar-refractivity contribution in [2.24, 2.45) is 4.99 Å². The molecule has 4 heteroatoms. The van der Waals surface area contributed by atoms with Gasteiger partial charge in [0, 0.05) is 23.3 Å². The van der Waals surface area contributed by atoms with Crippen LogP contribution in [0.5, 0.6) is 0 Å². The first kappa shape index (κ1) is 30.5. The molecule has 6 aromatic carbocycles. The first-order valence-corrected chi connectivity index (χ1v) is 15.4. The van der Waals surface area contributed by atoms with Gasteiger partial charge in [-0.3, -0.25) is 4.99 Å². The number of anilines is 3. The molecule has 6 rings (SSSR count). The molecule has 0 aliphatic heterocycles. The van der Waals surface area contributed by atoms with Gasteiger partial charge in [0.1, 0.15) is 0 Å². The minimum Gasteiger partial charge on any atom is -0.311 e. The summed E-state index contributed by atoms with van der Waals surface area (Å²) in [5.41, 5.74) is 12.6. The number of allylic oxidation sites excluding steroid dienone is 1. The highest BCUT2D eigenvalue weighted by Crippen LogP contribution is 2.35. The minimum atomic E-state index is 0.604. The highest BCUT2D eigenvalue weighted by atomic mass is 15.1. The maximum absolute atomic E-state index is 10.0. The Morgan fingerprint density at radius 2 is 1.02 bits per heavy atom. The van der Waals surface area contributed by atoms with Gasteiger partial charge in [0.2, 0.25) is 0 Å². The first-order valence-electron chi connectivity index (χ1n) is 15.4. The topological polar surface area (TPSA) is 63.2 Å². The largest absolute Gasteiger partial charge is 0.311 e. The Morgan fingerprint density at radius 1 is 0.553 bits per heavy atom. The molecule has 4 nitrogen and oxygen atoms in total. The Hall–Kier alpha value is -6.49. The molecule has 0 aromatic heterocycles. The SMILES string of the molecule is Cc1ccc(N(c2ccc(C)cc2)c2ccc(/C=C(/C#N)c3ccc(-c4ccc(C=Nc5ccc(C#N)cc5)cc4)cc3)cc2)cc1. The van der Waals surface area contributed by atoms with E-state index in [1.807, 2.05) is 60.8 Å². The summed E-state index contributed by atoms with van der Waals surface area (Å²) in [6, 6.07) is 53.3. The maximum Gasteiger partial charge on any atom is 0.0998 e. The van der Waals surface area contributed by atoms with Crippen molar-refractivity contribution < 1.29 is 0 Å². The van der Waals surface area contributed by atoms with E-state index in [2.05, 4.69) is 121 Å². The van der Waals surface area contributed by atoms with Crippen molar-refractivity contribution in [1.82, 2.24) is 0 Å². The van der Waals surface area contributed by atoms with Crippen molar-refractivity contribution in [3.05, 3.63) is 179 Å².